The SMILES string of the molecule is NC[C@@H]1CCN(C(=O)c2cccc(F)c2Cl)C1. The lowest BCUT2D eigenvalue weighted by atomic mass is 10.1. The molecule has 1 heterocycles. The van der Waals surface area contributed by atoms with Gasteiger partial charge >= 0.3 is 0 Å². The van der Waals surface area contributed by atoms with E-state index in [-0.39, 0.29) is 16.5 Å². The molecule has 1 aromatic rings. The van der Waals surface area contributed by atoms with Crippen LogP contribution in [0.2, 0.25) is 5.02 Å². The van der Waals surface area contributed by atoms with Crippen LogP contribution in [-0.2, 0) is 0 Å². The molecular formula is C12H14ClFN2O. The number of rotatable bonds is 2. The van der Waals surface area contributed by atoms with Crippen molar-refractivity contribution in [3.63, 3.8) is 0 Å². The molecule has 0 unspecified atom stereocenters. The molecule has 1 fully saturated rings. The highest BCUT2D eigenvalue weighted by atomic mass is 35.5. The number of nitrogens with zero attached hydrogens (tertiary/aromatic N) is 1. The molecule has 92 valence electrons. The molecule has 2 rings (SSSR count). The number of hydrogen-bond donors (Lipinski definition) is 1. The quantitative estimate of drug-likeness (QED) is 0.879. The van der Waals surface area contributed by atoms with Gasteiger partial charge in [0.25, 0.3) is 5.91 Å². The largest absolute Gasteiger partial charge is 0.338 e. The summed E-state index contributed by atoms with van der Waals surface area (Å²) < 4.78 is 13.2. The Morgan fingerprint density at radius 3 is 3.00 bits per heavy atom. The maximum absolute atomic E-state index is 13.2. The van der Waals surface area contributed by atoms with Crippen molar-refractivity contribution < 1.29 is 9.18 Å². The number of amides is 1. The zero-order valence-corrected chi connectivity index (χ0v) is 10.1. The Morgan fingerprint density at radius 2 is 2.35 bits per heavy atom. The molecule has 0 bridgehead atoms. The van der Waals surface area contributed by atoms with Crippen molar-refractivity contribution in [2.75, 3.05) is 19.6 Å². The lowest BCUT2D eigenvalue weighted by Crippen LogP contribution is -2.30. The van der Waals surface area contributed by atoms with E-state index in [4.69, 9.17) is 17.3 Å². The predicted octanol–water partition coefficient (Wildman–Crippen LogP) is 1.90. The van der Waals surface area contributed by atoms with Crippen molar-refractivity contribution in [1.29, 1.82) is 0 Å². The Hall–Kier alpha value is -1.13. The van der Waals surface area contributed by atoms with Crippen LogP contribution >= 0.6 is 11.6 Å². The van der Waals surface area contributed by atoms with Crippen molar-refractivity contribution >= 4 is 17.5 Å². The van der Waals surface area contributed by atoms with Gasteiger partial charge in [-0.05, 0) is 31.0 Å². The highest BCUT2D eigenvalue weighted by molar-refractivity contribution is 6.34. The summed E-state index contributed by atoms with van der Waals surface area (Å²) in [6.07, 6.45) is 0.898. The van der Waals surface area contributed by atoms with Gasteiger partial charge in [-0.1, -0.05) is 17.7 Å². The molecule has 2 N–H and O–H groups in total. The minimum Gasteiger partial charge on any atom is -0.338 e. The molecule has 0 radical (unpaired) electrons. The van der Waals surface area contributed by atoms with Gasteiger partial charge in [0, 0.05) is 13.1 Å². The maximum atomic E-state index is 13.2. The summed E-state index contributed by atoms with van der Waals surface area (Å²) in [6, 6.07) is 4.28. The highest BCUT2D eigenvalue weighted by Gasteiger charge is 2.27. The highest BCUT2D eigenvalue weighted by Crippen LogP contribution is 2.24. The second-order valence-electron chi connectivity index (χ2n) is 4.24. The van der Waals surface area contributed by atoms with Crippen LogP contribution in [-0.4, -0.2) is 30.4 Å². The molecule has 0 aromatic heterocycles. The molecule has 1 atom stereocenters. The Morgan fingerprint density at radius 1 is 1.59 bits per heavy atom. The summed E-state index contributed by atoms with van der Waals surface area (Å²) in [5.74, 6) is -0.441. The fraction of sp³-hybridized carbons (Fsp3) is 0.417. The van der Waals surface area contributed by atoms with E-state index in [1.807, 2.05) is 0 Å². The number of likely N-dealkylation sites (tertiary alicyclic amines) is 1. The molecule has 5 heteroatoms. The minimum absolute atomic E-state index is 0.103. The molecule has 1 amide bonds. The third-order valence-electron chi connectivity index (χ3n) is 3.09. The van der Waals surface area contributed by atoms with Crippen molar-refractivity contribution in [2.24, 2.45) is 11.7 Å². The van der Waals surface area contributed by atoms with Crippen LogP contribution in [0, 0.1) is 11.7 Å². The van der Waals surface area contributed by atoms with E-state index >= 15 is 0 Å². The fourth-order valence-corrected chi connectivity index (χ4v) is 2.26. The molecule has 0 saturated carbocycles. The zero-order valence-electron chi connectivity index (χ0n) is 9.33. The number of halogens is 2. The van der Waals surface area contributed by atoms with Gasteiger partial charge in [0.1, 0.15) is 5.82 Å². The number of carbonyl (C=O) groups excluding carboxylic acids is 1. The topological polar surface area (TPSA) is 46.3 Å². The average molecular weight is 257 g/mol. The van der Waals surface area contributed by atoms with Gasteiger partial charge in [0.15, 0.2) is 0 Å². The van der Waals surface area contributed by atoms with Crippen LogP contribution in [0.4, 0.5) is 4.39 Å². The van der Waals surface area contributed by atoms with Gasteiger partial charge in [-0.3, -0.25) is 4.79 Å². The summed E-state index contributed by atoms with van der Waals surface area (Å²) in [5.41, 5.74) is 5.79. The van der Waals surface area contributed by atoms with Crippen LogP contribution in [0.1, 0.15) is 16.8 Å². The lowest BCUT2D eigenvalue weighted by Gasteiger charge is -2.17. The van der Waals surface area contributed by atoms with Gasteiger partial charge in [-0.2, -0.15) is 0 Å². The Labute approximate surface area is 104 Å². The van der Waals surface area contributed by atoms with Gasteiger partial charge in [-0.25, -0.2) is 4.39 Å². The Balaban J connectivity index is 2.18. The lowest BCUT2D eigenvalue weighted by molar-refractivity contribution is 0.0787. The third kappa shape index (κ3) is 2.42. The van der Waals surface area contributed by atoms with E-state index in [9.17, 15) is 9.18 Å². The van der Waals surface area contributed by atoms with Crippen LogP contribution in [0.25, 0.3) is 0 Å². The number of benzene rings is 1. The second-order valence-corrected chi connectivity index (χ2v) is 4.62. The Bertz CT molecular complexity index is 439. The van der Waals surface area contributed by atoms with E-state index in [0.717, 1.165) is 6.42 Å². The molecule has 1 aromatic carbocycles. The van der Waals surface area contributed by atoms with Crippen molar-refractivity contribution in [3.05, 3.63) is 34.6 Å². The maximum Gasteiger partial charge on any atom is 0.255 e. The van der Waals surface area contributed by atoms with E-state index < -0.39 is 5.82 Å². The molecule has 1 saturated heterocycles. The summed E-state index contributed by atoms with van der Waals surface area (Å²) in [5, 5.41) is -0.103. The fourth-order valence-electron chi connectivity index (χ4n) is 2.05. The van der Waals surface area contributed by atoms with Crippen LogP contribution < -0.4 is 5.73 Å². The smallest absolute Gasteiger partial charge is 0.255 e. The minimum atomic E-state index is -0.563. The number of carbonyl (C=O) groups is 1. The first kappa shape index (κ1) is 12.3. The first-order valence-corrected chi connectivity index (χ1v) is 5.94. The van der Waals surface area contributed by atoms with Gasteiger partial charge in [-0.15, -0.1) is 0 Å². The molecule has 1 aliphatic rings. The van der Waals surface area contributed by atoms with Crippen LogP contribution in [0.5, 0.6) is 0 Å². The van der Waals surface area contributed by atoms with E-state index in [2.05, 4.69) is 0 Å². The molecule has 1 aliphatic heterocycles. The normalized spacial score (nSPS) is 19.7. The molecule has 0 spiro atoms. The van der Waals surface area contributed by atoms with E-state index in [1.54, 1.807) is 11.0 Å². The van der Waals surface area contributed by atoms with Crippen molar-refractivity contribution in [2.45, 2.75) is 6.42 Å². The Kier molecular flexibility index (Phi) is 3.64. The summed E-state index contributed by atoms with van der Waals surface area (Å²) in [6.45, 7) is 1.86. The van der Waals surface area contributed by atoms with Crippen molar-refractivity contribution in [3.8, 4) is 0 Å². The molecule has 17 heavy (non-hydrogen) atoms. The predicted molar refractivity (Wildman–Crippen MR) is 64.5 cm³/mol. The molecule has 3 nitrogen and oxygen atoms in total. The van der Waals surface area contributed by atoms with Crippen LogP contribution in [0.15, 0.2) is 18.2 Å². The van der Waals surface area contributed by atoms with E-state index in [1.165, 1.54) is 12.1 Å². The first-order valence-electron chi connectivity index (χ1n) is 5.57. The third-order valence-corrected chi connectivity index (χ3v) is 3.47. The standard InChI is InChI=1S/C12H14ClFN2O/c13-11-9(2-1-3-10(11)14)12(17)16-5-4-8(6-15)7-16/h1-3,8H,4-7,15H2/t8-/m0/s1. The average Bonchev–Trinajstić information content (AvgIpc) is 2.80. The summed E-state index contributed by atoms with van der Waals surface area (Å²) >= 11 is 5.79. The van der Waals surface area contributed by atoms with Crippen molar-refractivity contribution in [1.82, 2.24) is 4.90 Å². The monoisotopic (exact) mass is 256 g/mol. The second kappa shape index (κ2) is 5.02. The zero-order chi connectivity index (χ0) is 12.4. The van der Waals surface area contributed by atoms with Gasteiger partial charge < -0.3 is 10.6 Å². The molecule has 0 aliphatic carbocycles. The summed E-state index contributed by atoms with van der Waals surface area (Å²) in [4.78, 5) is 13.8. The number of nitrogens with two attached hydrogens (primary N) is 1. The molecular weight excluding hydrogens is 243 g/mol. The van der Waals surface area contributed by atoms with Gasteiger partial charge in [0.2, 0.25) is 0 Å². The first-order chi connectivity index (χ1) is 8.13. The van der Waals surface area contributed by atoms with Gasteiger partial charge in [0.05, 0.1) is 10.6 Å². The van der Waals surface area contributed by atoms with Crippen LogP contribution in [0.3, 0.4) is 0 Å². The summed E-state index contributed by atoms with van der Waals surface area (Å²) in [7, 11) is 0. The number of hydrogen-bond acceptors (Lipinski definition) is 2. The van der Waals surface area contributed by atoms with E-state index in [0.29, 0.717) is 25.6 Å².